The highest BCUT2D eigenvalue weighted by atomic mass is 127. The van der Waals surface area contributed by atoms with E-state index in [1.54, 1.807) is 0 Å². The summed E-state index contributed by atoms with van der Waals surface area (Å²) in [6, 6.07) is 0. The van der Waals surface area contributed by atoms with Crippen LogP contribution in [0.1, 0.15) is 51.4 Å². The van der Waals surface area contributed by atoms with Gasteiger partial charge in [0.25, 0.3) is 0 Å². The summed E-state index contributed by atoms with van der Waals surface area (Å²) in [5.74, 6) is 0. The molecule has 0 saturated heterocycles. The Labute approximate surface area is 117 Å². The first-order valence-corrected chi connectivity index (χ1v) is 8.74. The first-order chi connectivity index (χ1) is 6.91. The van der Waals surface area contributed by atoms with Crippen molar-refractivity contribution < 1.29 is 0 Å². The molecule has 2 heteroatoms. The van der Waals surface area contributed by atoms with Gasteiger partial charge in [-0.15, -0.1) is 0 Å². The van der Waals surface area contributed by atoms with E-state index < -0.39 is 0 Å². The molecule has 0 aliphatic carbocycles. The minimum atomic E-state index is 1.16. The SMILES string of the molecule is ICC=CCCCCCCCCCI. The van der Waals surface area contributed by atoms with Gasteiger partial charge in [0.1, 0.15) is 0 Å². The molecular formula is C12H22I2. The average molecular weight is 420 g/mol. The number of rotatable bonds is 10. The van der Waals surface area contributed by atoms with Crippen LogP contribution in [-0.2, 0) is 0 Å². The van der Waals surface area contributed by atoms with Gasteiger partial charge in [-0.2, -0.15) is 0 Å². The number of hydrogen-bond donors (Lipinski definition) is 0. The van der Waals surface area contributed by atoms with Crippen molar-refractivity contribution in [1.29, 1.82) is 0 Å². The van der Waals surface area contributed by atoms with Crippen LogP contribution in [0.3, 0.4) is 0 Å². The Morgan fingerprint density at radius 1 is 0.643 bits per heavy atom. The zero-order valence-electron chi connectivity index (χ0n) is 8.98. The fourth-order valence-electron chi connectivity index (χ4n) is 1.42. The third-order valence-corrected chi connectivity index (χ3v) is 3.53. The minimum absolute atomic E-state index is 1.16. The van der Waals surface area contributed by atoms with Gasteiger partial charge in [0, 0.05) is 4.43 Å². The molecule has 0 nitrogen and oxygen atoms in total. The normalized spacial score (nSPS) is 11.3. The molecule has 0 aliphatic rings. The molecule has 0 N–H and O–H groups in total. The number of allylic oxidation sites excluding steroid dienone is 2. The van der Waals surface area contributed by atoms with Crippen molar-refractivity contribution in [3.05, 3.63) is 12.2 Å². The van der Waals surface area contributed by atoms with Crippen LogP contribution in [0.4, 0.5) is 0 Å². The maximum Gasteiger partial charge on any atom is 0.0175 e. The van der Waals surface area contributed by atoms with Gasteiger partial charge in [-0.25, -0.2) is 0 Å². The lowest BCUT2D eigenvalue weighted by Crippen LogP contribution is -1.80. The van der Waals surface area contributed by atoms with Crippen molar-refractivity contribution in [3.8, 4) is 0 Å². The third-order valence-electron chi connectivity index (χ3n) is 2.26. The molecule has 0 aromatic heterocycles. The molecule has 0 amide bonds. The molecule has 0 aromatic rings. The molecule has 0 fully saturated rings. The van der Waals surface area contributed by atoms with E-state index >= 15 is 0 Å². The average Bonchev–Trinajstić information content (AvgIpc) is 2.21. The number of alkyl halides is 2. The minimum Gasteiger partial charge on any atom is -0.0878 e. The van der Waals surface area contributed by atoms with Crippen LogP contribution < -0.4 is 0 Å². The predicted molar refractivity (Wildman–Crippen MR) is 83.9 cm³/mol. The highest BCUT2D eigenvalue weighted by Gasteiger charge is 1.90. The highest BCUT2D eigenvalue weighted by Crippen LogP contribution is 2.09. The van der Waals surface area contributed by atoms with Gasteiger partial charge in [0.2, 0.25) is 0 Å². The van der Waals surface area contributed by atoms with Crippen LogP contribution in [-0.4, -0.2) is 8.86 Å². The van der Waals surface area contributed by atoms with E-state index in [0.29, 0.717) is 0 Å². The second-order valence-electron chi connectivity index (χ2n) is 3.58. The molecule has 0 radical (unpaired) electrons. The van der Waals surface area contributed by atoms with Crippen LogP contribution in [0.2, 0.25) is 0 Å². The van der Waals surface area contributed by atoms with Crippen molar-refractivity contribution in [1.82, 2.24) is 0 Å². The molecule has 0 saturated carbocycles. The second-order valence-corrected chi connectivity index (χ2v) is 5.54. The van der Waals surface area contributed by atoms with Crippen LogP contribution in [0.5, 0.6) is 0 Å². The summed E-state index contributed by atoms with van der Waals surface area (Å²) in [7, 11) is 0. The number of unbranched alkanes of at least 4 members (excludes halogenated alkanes) is 7. The zero-order chi connectivity index (χ0) is 10.5. The smallest absolute Gasteiger partial charge is 0.0175 e. The Balaban J connectivity index is 2.88. The first kappa shape index (κ1) is 15.2. The Kier molecular flexibility index (Phi) is 15.4. The van der Waals surface area contributed by atoms with Gasteiger partial charge in [-0.3, -0.25) is 0 Å². The predicted octanol–water partition coefficient (Wildman–Crippen LogP) is 5.53. The lowest BCUT2D eigenvalue weighted by atomic mass is 10.1. The summed E-state index contributed by atoms with van der Waals surface area (Å²) in [4.78, 5) is 0. The molecule has 84 valence electrons. The molecule has 0 spiro atoms. The fourth-order valence-corrected chi connectivity index (χ4v) is 2.32. The van der Waals surface area contributed by atoms with Crippen molar-refractivity contribution in [2.24, 2.45) is 0 Å². The maximum absolute atomic E-state index is 2.47. The monoisotopic (exact) mass is 420 g/mol. The van der Waals surface area contributed by atoms with Gasteiger partial charge >= 0.3 is 0 Å². The second kappa shape index (κ2) is 14.2. The van der Waals surface area contributed by atoms with Gasteiger partial charge in [0.15, 0.2) is 0 Å². The third kappa shape index (κ3) is 13.2. The fraction of sp³-hybridized carbons (Fsp3) is 0.833. The standard InChI is InChI=1S/C12H22I2/c13-11-9-7-5-3-1-2-4-6-8-10-12-14/h7,9H,1-6,8,10-12H2. The molecule has 0 unspecified atom stereocenters. The van der Waals surface area contributed by atoms with E-state index in [4.69, 9.17) is 0 Å². The summed E-state index contributed by atoms with van der Waals surface area (Å²) >= 11 is 4.85. The van der Waals surface area contributed by atoms with E-state index in [1.165, 1.54) is 55.8 Å². The topological polar surface area (TPSA) is 0 Å². The van der Waals surface area contributed by atoms with Crippen LogP contribution >= 0.6 is 45.2 Å². The lowest BCUT2D eigenvalue weighted by Gasteiger charge is -1.99. The van der Waals surface area contributed by atoms with Gasteiger partial charge in [-0.1, -0.05) is 89.4 Å². The molecule has 0 heterocycles. The molecule has 0 aromatic carbocycles. The van der Waals surface area contributed by atoms with E-state index in [9.17, 15) is 0 Å². The first-order valence-electron chi connectivity index (χ1n) is 5.68. The summed E-state index contributed by atoms with van der Waals surface area (Å²) in [5, 5.41) is 0. The van der Waals surface area contributed by atoms with Crippen LogP contribution in [0.25, 0.3) is 0 Å². The van der Waals surface area contributed by atoms with Crippen molar-refractivity contribution in [2.45, 2.75) is 51.4 Å². The Morgan fingerprint density at radius 3 is 1.79 bits per heavy atom. The zero-order valence-corrected chi connectivity index (χ0v) is 13.3. The molecule has 14 heavy (non-hydrogen) atoms. The molecule has 0 aliphatic heterocycles. The Bertz CT molecular complexity index is 121. The van der Waals surface area contributed by atoms with E-state index in [1.807, 2.05) is 0 Å². The van der Waals surface area contributed by atoms with Gasteiger partial charge in [0.05, 0.1) is 0 Å². The maximum atomic E-state index is 2.47. The molecule has 0 atom stereocenters. The largest absolute Gasteiger partial charge is 0.0878 e. The quantitative estimate of drug-likeness (QED) is 0.189. The van der Waals surface area contributed by atoms with E-state index in [-0.39, 0.29) is 0 Å². The molecular weight excluding hydrogens is 398 g/mol. The molecule has 0 bridgehead atoms. The van der Waals surface area contributed by atoms with Crippen molar-refractivity contribution >= 4 is 45.2 Å². The molecule has 0 rings (SSSR count). The van der Waals surface area contributed by atoms with Crippen molar-refractivity contribution in [3.63, 3.8) is 0 Å². The van der Waals surface area contributed by atoms with Crippen LogP contribution in [0, 0.1) is 0 Å². The van der Waals surface area contributed by atoms with Gasteiger partial charge < -0.3 is 0 Å². The Hall–Kier alpha value is 1.20. The lowest BCUT2D eigenvalue weighted by molar-refractivity contribution is 0.594. The number of halogens is 2. The highest BCUT2D eigenvalue weighted by molar-refractivity contribution is 14.1. The summed E-state index contributed by atoms with van der Waals surface area (Å²) < 4.78 is 2.49. The Morgan fingerprint density at radius 2 is 1.21 bits per heavy atom. The van der Waals surface area contributed by atoms with Gasteiger partial charge in [-0.05, 0) is 23.7 Å². The summed E-state index contributed by atoms with van der Waals surface area (Å²) in [6.07, 6.45) is 15.9. The van der Waals surface area contributed by atoms with Crippen LogP contribution in [0.15, 0.2) is 12.2 Å². The van der Waals surface area contributed by atoms with E-state index in [2.05, 4.69) is 57.3 Å². The van der Waals surface area contributed by atoms with E-state index in [0.717, 1.165) is 4.43 Å². The summed E-state index contributed by atoms with van der Waals surface area (Å²) in [5.41, 5.74) is 0. The summed E-state index contributed by atoms with van der Waals surface area (Å²) in [6.45, 7) is 0. The number of hydrogen-bond acceptors (Lipinski definition) is 0. The van der Waals surface area contributed by atoms with Crippen molar-refractivity contribution in [2.75, 3.05) is 8.86 Å².